The summed E-state index contributed by atoms with van der Waals surface area (Å²) in [4.78, 5) is 10.7. The van der Waals surface area contributed by atoms with E-state index in [1.54, 1.807) is 0 Å². The van der Waals surface area contributed by atoms with Gasteiger partial charge in [-0.3, -0.25) is 4.79 Å². The zero-order valence-electron chi connectivity index (χ0n) is 10.0. The van der Waals surface area contributed by atoms with Crippen LogP contribution in [-0.4, -0.2) is 36.4 Å². The minimum Gasteiger partial charge on any atom is -0.488 e. The first-order chi connectivity index (χ1) is 8.65. The number of carboxylic acids is 1. The molecule has 5 nitrogen and oxygen atoms in total. The predicted molar refractivity (Wildman–Crippen MR) is 65.6 cm³/mol. The summed E-state index contributed by atoms with van der Waals surface area (Å²) < 4.78 is 11.0. The summed E-state index contributed by atoms with van der Waals surface area (Å²) in [6.07, 6.45) is 1.28. The van der Waals surface area contributed by atoms with E-state index in [2.05, 4.69) is 0 Å². The lowest BCUT2D eigenvalue weighted by Crippen LogP contribution is -2.32. The van der Waals surface area contributed by atoms with Crippen molar-refractivity contribution >= 4 is 5.97 Å². The van der Waals surface area contributed by atoms with Crippen LogP contribution in [0, 0.1) is 0 Å². The highest BCUT2D eigenvalue weighted by atomic mass is 16.5. The Labute approximate surface area is 106 Å². The Morgan fingerprint density at radius 2 is 2.44 bits per heavy atom. The van der Waals surface area contributed by atoms with Crippen molar-refractivity contribution in [1.29, 1.82) is 0 Å². The summed E-state index contributed by atoms with van der Waals surface area (Å²) >= 11 is 0. The Balaban J connectivity index is 1.98. The molecule has 1 fully saturated rings. The van der Waals surface area contributed by atoms with Gasteiger partial charge >= 0.3 is 5.97 Å². The number of hydrogen-bond donors (Lipinski definition) is 2. The van der Waals surface area contributed by atoms with Crippen LogP contribution in [0.5, 0.6) is 5.75 Å². The minimum absolute atomic E-state index is 0.0911. The number of benzene rings is 1. The van der Waals surface area contributed by atoms with Crippen LogP contribution in [0.25, 0.3) is 0 Å². The van der Waals surface area contributed by atoms with Crippen molar-refractivity contribution in [2.24, 2.45) is 5.73 Å². The molecular formula is C13H17NO4. The Morgan fingerprint density at radius 1 is 1.61 bits per heavy atom. The van der Waals surface area contributed by atoms with Crippen LogP contribution in [0.15, 0.2) is 24.3 Å². The molecule has 1 aromatic rings. The zero-order chi connectivity index (χ0) is 13.0. The van der Waals surface area contributed by atoms with Crippen molar-refractivity contribution < 1.29 is 19.4 Å². The van der Waals surface area contributed by atoms with Gasteiger partial charge in [-0.2, -0.15) is 0 Å². The van der Waals surface area contributed by atoms with Gasteiger partial charge in [0, 0.05) is 6.42 Å². The van der Waals surface area contributed by atoms with Gasteiger partial charge in [0.15, 0.2) is 0 Å². The van der Waals surface area contributed by atoms with Crippen LogP contribution in [0.2, 0.25) is 0 Å². The molecule has 1 saturated heterocycles. The monoisotopic (exact) mass is 251 g/mol. The zero-order valence-corrected chi connectivity index (χ0v) is 10.0. The number of aliphatic carboxylic acids is 1. The molecule has 3 N–H and O–H groups in total. The fraction of sp³-hybridized carbons (Fsp3) is 0.462. The Kier molecular flexibility index (Phi) is 4.17. The van der Waals surface area contributed by atoms with Crippen LogP contribution in [-0.2, 0) is 16.0 Å². The van der Waals surface area contributed by atoms with Crippen LogP contribution in [0.1, 0.15) is 12.0 Å². The molecule has 1 aliphatic heterocycles. The first kappa shape index (κ1) is 12.9. The van der Waals surface area contributed by atoms with Crippen LogP contribution in [0.3, 0.4) is 0 Å². The molecule has 18 heavy (non-hydrogen) atoms. The first-order valence-electron chi connectivity index (χ1n) is 5.97. The molecule has 5 heteroatoms. The second-order valence-corrected chi connectivity index (χ2v) is 4.40. The van der Waals surface area contributed by atoms with Crippen molar-refractivity contribution in [2.45, 2.75) is 25.0 Å². The lowest BCUT2D eigenvalue weighted by atomic mass is 10.1. The van der Waals surface area contributed by atoms with Gasteiger partial charge in [-0.25, -0.2) is 0 Å². The lowest BCUT2D eigenvalue weighted by Gasteiger charge is -2.13. The molecule has 98 valence electrons. The van der Waals surface area contributed by atoms with E-state index >= 15 is 0 Å². The molecule has 0 bridgehead atoms. The summed E-state index contributed by atoms with van der Waals surface area (Å²) in [5.41, 5.74) is 6.36. The van der Waals surface area contributed by atoms with E-state index in [1.165, 1.54) is 0 Å². The van der Waals surface area contributed by atoms with Gasteiger partial charge in [0.05, 0.1) is 13.2 Å². The van der Waals surface area contributed by atoms with Crippen LogP contribution in [0.4, 0.5) is 0 Å². The molecular weight excluding hydrogens is 234 g/mol. The number of ether oxygens (including phenoxy) is 2. The second-order valence-electron chi connectivity index (χ2n) is 4.40. The average molecular weight is 251 g/mol. The van der Waals surface area contributed by atoms with Crippen molar-refractivity contribution in [3.8, 4) is 5.75 Å². The Hall–Kier alpha value is -1.59. The van der Waals surface area contributed by atoms with Crippen molar-refractivity contribution in [2.75, 3.05) is 13.2 Å². The summed E-state index contributed by atoms with van der Waals surface area (Å²) in [7, 11) is 0. The van der Waals surface area contributed by atoms with Gasteiger partial charge in [-0.05, 0) is 24.1 Å². The third kappa shape index (κ3) is 3.45. The maximum atomic E-state index is 10.7. The molecule has 0 spiro atoms. The van der Waals surface area contributed by atoms with Gasteiger partial charge < -0.3 is 20.3 Å². The topological polar surface area (TPSA) is 81.8 Å². The van der Waals surface area contributed by atoms with Crippen LogP contribution >= 0.6 is 0 Å². The Morgan fingerprint density at radius 3 is 3.11 bits per heavy atom. The number of carbonyl (C=O) groups is 1. The number of rotatable bonds is 5. The fourth-order valence-corrected chi connectivity index (χ4v) is 1.89. The third-order valence-corrected chi connectivity index (χ3v) is 2.86. The van der Waals surface area contributed by atoms with E-state index in [-0.39, 0.29) is 6.10 Å². The van der Waals surface area contributed by atoms with E-state index in [0.717, 1.165) is 24.3 Å². The van der Waals surface area contributed by atoms with Crippen LogP contribution < -0.4 is 10.5 Å². The number of nitrogens with two attached hydrogens (primary N) is 1. The second kappa shape index (κ2) is 5.84. The third-order valence-electron chi connectivity index (χ3n) is 2.86. The molecule has 2 rings (SSSR count). The standard InChI is InChI=1S/C13H17NO4/c14-12(13(15)16)7-9-2-1-3-10(6-9)18-11-4-5-17-8-11/h1-3,6,11-12H,4-5,7-8,14H2,(H,15,16). The normalized spacial score (nSPS) is 20.6. The largest absolute Gasteiger partial charge is 0.488 e. The van der Waals surface area contributed by atoms with Crippen molar-refractivity contribution in [3.63, 3.8) is 0 Å². The summed E-state index contributed by atoms with van der Waals surface area (Å²) in [6, 6.07) is 6.50. The van der Waals surface area contributed by atoms with Gasteiger partial charge in [0.25, 0.3) is 0 Å². The Bertz CT molecular complexity index is 415. The number of hydrogen-bond acceptors (Lipinski definition) is 4. The van der Waals surface area contributed by atoms with Gasteiger partial charge in [0.1, 0.15) is 17.9 Å². The maximum Gasteiger partial charge on any atom is 0.320 e. The highest BCUT2D eigenvalue weighted by Crippen LogP contribution is 2.19. The van der Waals surface area contributed by atoms with E-state index in [0.29, 0.717) is 13.0 Å². The van der Waals surface area contributed by atoms with E-state index in [9.17, 15) is 4.79 Å². The molecule has 0 radical (unpaired) electrons. The van der Waals surface area contributed by atoms with Gasteiger partial charge in [-0.1, -0.05) is 12.1 Å². The SMILES string of the molecule is NC(Cc1cccc(OC2CCOC2)c1)C(=O)O. The first-order valence-corrected chi connectivity index (χ1v) is 5.97. The molecule has 1 aromatic carbocycles. The fourth-order valence-electron chi connectivity index (χ4n) is 1.89. The summed E-state index contributed by atoms with van der Waals surface area (Å²) in [6.45, 7) is 1.34. The van der Waals surface area contributed by atoms with Crippen molar-refractivity contribution in [3.05, 3.63) is 29.8 Å². The molecule has 2 unspecified atom stereocenters. The van der Waals surface area contributed by atoms with E-state index in [4.69, 9.17) is 20.3 Å². The quantitative estimate of drug-likeness (QED) is 0.809. The minimum atomic E-state index is -0.995. The maximum absolute atomic E-state index is 10.7. The summed E-state index contributed by atoms with van der Waals surface area (Å²) in [5, 5.41) is 8.77. The van der Waals surface area contributed by atoms with Crippen molar-refractivity contribution in [1.82, 2.24) is 0 Å². The molecule has 1 heterocycles. The molecule has 1 aliphatic rings. The lowest BCUT2D eigenvalue weighted by molar-refractivity contribution is -0.138. The van der Waals surface area contributed by atoms with Gasteiger partial charge in [0.2, 0.25) is 0 Å². The number of carboxylic acid groups (broad SMARTS) is 1. The molecule has 0 saturated carbocycles. The highest BCUT2D eigenvalue weighted by Gasteiger charge is 2.17. The molecule has 0 amide bonds. The molecule has 2 atom stereocenters. The summed E-state index contributed by atoms with van der Waals surface area (Å²) in [5.74, 6) is -0.258. The average Bonchev–Trinajstić information content (AvgIpc) is 2.82. The van der Waals surface area contributed by atoms with E-state index < -0.39 is 12.0 Å². The van der Waals surface area contributed by atoms with Gasteiger partial charge in [-0.15, -0.1) is 0 Å². The molecule has 0 aliphatic carbocycles. The predicted octanol–water partition coefficient (Wildman–Crippen LogP) is 0.809. The molecule has 0 aromatic heterocycles. The highest BCUT2D eigenvalue weighted by molar-refractivity contribution is 5.73. The van der Waals surface area contributed by atoms with E-state index in [1.807, 2.05) is 24.3 Å². The smallest absolute Gasteiger partial charge is 0.320 e.